The van der Waals surface area contributed by atoms with Crippen LogP contribution in [-0.4, -0.2) is 22.7 Å². The molecule has 29 heavy (non-hydrogen) atoms. The summed E-state index contributed by atoms with van der Waals surface area (Å²) >= 11 is 0. The highest BCUT2D eigenvalue weighted by atomic mass is 16.2. The first-order valence-electron chi connectivity index (χ1n) is 10.1. The Bertz CT molecular complexity index is 915. The normalized spacial score (nSPS) is 25.4. The van der Waals surface area contributed by atoms with Gasteiger partial charge in [0.05, 0.1) is 11.3 Å². The van der Waals surface area contributed by atoms with E-state index in [1.165, 1.54) is 0 Å². The summed E-state index contributed by atoms with van der Waals surface area (Å²) in [6.07, 6.45) is 1.32. The van der Waals surface area contributed by atoms with Crippen LogP contribution in [0.15, 0.2) is 60.7 Å². The molecule has 2 fully saturated rings. The van der Waals surface area contributed by atoms with Gasteiger partial charge in [-0.15, -0.1) is 0 Å². The number of rotatable bonds is 4. The smallest absolute Gasteiger partial charge is 0.254 e. The van der Waals surface area contributed by atoms with Crippen molar-refractivity contribution in [2.24, 2.45) is 16.7 Å². The number of imide groups is 1. The summed E-state index contributed by atoms with van der Waals surface area (Å²) in [4.78, 5) is 39.7. The molecular weight excluding hydrogens is 364 g/mol. The van der Waals surface area contributed by atoms with Gasteiger partial charge in [0.2, 0.25) is 0 Å². The average molecular weight is 390 g/mol. The van der Waals surface area contributed by atoms with E-state index in [0.717, 1.165) is 16.1 Å². The van der Waals surface area contributed by atoms with Crippen LogP contribution in [0.2, 0.25) is 0 Å². The molecule has 1 N–H and O–H groups in total. The molecule has 5 nitrogen and oxygen atoms in total. The van der Waals surface area contributed by atoms with Crippen LogP contribution in [0.4, 0.5) is 0 Å². The quantitative estimate of drug-likeness (QED) is 0.810. The molecule has 1 saturated carbocycles. The van der Waals surface area contributed by atoms with Crippen LogP contribution in [0.25, 0.3) is 0 Å². The summed E-state index contributed by atoms with van der Waals surface area (Å²) in [5, 5.41) is 0.990. The molecule has 1 aliphatic heterocycles. The highest BCUT2D eigenvalue weighted by molar-refractivity contribution is 6.05. The molecule has 5 heteroatoms. The van der Waals surface area contributed by atoms with Gasteiger partial charge < -0.3 is 0 Å². The van der Waals surface area contributed by atoms with E-state index in [9.17, 15) is 14.4 Å². The Morgan fingerprint density at radius 3 is 2.00 bits per heavy atom. The molecule has 1 saturated heterocycles. The van der Waals surface area contributed by atoms with Gasteiger partial charge in [-0.05, 0) is 29.4 Å². The predicted octanol–water partition coefficient (Wildman–Crippen LogP) is 3.66. The van der Waals surface area contributed by atoms with Gasteiger partial charge in [-0.2, -0.15) is 5.01 Å². The standard InChI is InChI=1S/C24H26N2O3/c1-23(2)18-14-15-24(23,3)22(29)26(21(18)28)25-20(27)19(16-10-6-4-7-11-16)17-12-8-5-9-13-17/h4-13,18-19H,14-15H2,1-3H3,(H,25,27)/t18-,24-/m1/s1. The number of fused-ring (bicyclic) bond motifs is 2. The lowest BCUT2D eigenvalue weighted by atomic mass is 9.63. The predicted molar refractivity (Wildman–Crippen MR) is 109 cm³/mol. The summed E-state index contributed by atoms with van der Waals surface area (Å²) in [7, 11) is 0. The van der Waals surface area contributed by atoms with Crippen LogP contribution in [0.3, 0.4) is 0 Å². The van der Waals surface area contributed by atoms with Crippen molar-refractivity contribution in [1.82, 2.24) is 10.4 Å². The zero-order valence-electron chi connectivity index (χ0n) is 17.0. The van der Waals surface area contributed by atoms with Gasteiger partial charge in [0.15, 0.2) is 0 Å². The number of hydrazine groups is 1. The summed E-state index contributed by atoms with van der Waals surface area (Å²) in [6.45, 7) is 5.87. The molecule has 1 heterocycles. The van der Waals surface area contributed by atoms with Crippen LogP contribution in [0, 0.1) is 16.7 Å². The van der Waals surface area contributed by atoms with Gasteiger partial charge >= 0.3 is 0 Å². The average Bonchev–Trinajstić information content (AvgIpc) is 2.91. The molecule has 3 amide bonds. The van der Waals surface area contributed by atoms with Crippen molar-refractivity contribution in [2.45, 2.75) is 39.5 Å². The summed E-state index contributed by atoms with van der Waals surface area (Å²) < 4.78 is 0. The monoisotopic (exact) mass is 390 g/mol. The molecule has 150 valence electrons. The molecule has 0 spiro atoms. The van der Waals surface area contributed by atoms with Gasteiger partial charge in [-0.3, -0.25) is 19.8 Å². The number of nitrogens with zero attached hydrogens (tertiary/aromatic N) is 1. The molecular formula is C24H26N2O3. The Labute approximate surface area is 171 Å². The second-order valence-corrected chi connectivity index (χ2v) is 8.85. The third kappa shape index (κ3) is 2.87. The van der Waals surface area contributed by atoms with Crippen LogP contribution in [-0.2, 0) is 14.4 Å². The second kappa shape index (κ2) is 6.83. The number of nitrogens with one attached hydrogen (secondary N) is 1. The molecule has 2 bridgehead atoms. The van der Waals surface area contributed by atoms with Gasteiger partial charge in [-0.1, -0.05) is 81.4 Å². The van der Waals surface area contributed by atoms with Gasteiger partial charge in [0.25, 0.3) is 17.7 Å². The molecule has 4 rings (SSSR count). The topological polar surface area (TPSA) is 66.5 Å². The lowest BCUT2D eigenvalue weighted by Gasteiger charge is -2.47. The van der Waals surface area contributed by atoms with E-state index in [4.69, 9.17) is 0 Å². The molecule has 2 aromatic carbocycles. The van der Waals surface area contributed by atoms with Crippen molar-refractivity contribution in [2.75, 3.05) is 0 Å². The van der Waals surface area contributed by atoms with Crippen molar-refractivity contribution < 1.29 is 14.4 Å². The third-order valence-electron chi connectivity index (χ3n) is 7.17. The third-order valence-corrected chi connectivity index (χ3v) is 7.17. The lowest BCUT2D eigenvalue weighted by molar-refractivity contribution is -0.174. The maximum Gasteiger partial charge on any atom is 0.254 e. The van der Waals surface area contributed by atoms with E-state index in [-0.39, 0.29) is 23.6 Å². The highest BCUT2D eigenvalue weighted by Gasteiger charge is 2.65. The maximum absolute atomic E-state index is 13.3. The summed E-state index contributed by atoms with van der Waals surface area (Å²) in [5.41, 5.74) is 3.22. The van der Waals surface area contributed by atoms with Crippen molar-refractivity contribution in [1.29, 1.82) is 0 Å². The highest BCUT2D eigenvalue weighted by Crippen LogP contribution is 2.59. The maximum atomic E-state index is 13.3. The second-order valence-electron chi connectivity index (χ2n) is 8.85. The molecule has 1 aliphatic carbocycles. The Hall–Kier alpha value is -2.95. The number of carbonyl (C=O) groups excluding carboxylic acids is 3. The Morgan fingerprint density at radius 2 is 1.48 bits per heavy atom. The molecule has 2 aromatic rings. The van der Waals surface area contributed by atoms with Crippen molar-refractivity contribution >= 4 is 17.7 Å². The van der Waals surface area contributed by atoms with Gasteiger partial charge in [-0.25, -0.2) is 0 Å². The SMILES string of the molecule is CC1(C)[C@@H]2CC[C@]1(C)C(=O)N(NC(=O)C(c1ccccc1)c1ccccc1)C2=O. The molecule has 0 unspecified atom stereocenters. The number of hydrogen-bond donors (Lipinski definition) is 1. The molecule has 0 radical (unpaired) electrons. The Kier molecular flexibility index (Phi) is 4.56. The minimum Gasteiger partial charge on any atom is -0.272 e. The number of piperidine rings is 1. The van der Waals surface area contributed by atoms with Crippen LogP contribution < -0.4 is 5.43 Å². The zero-order valence-corrected chi connectivity index (χ0v) is 17.0. The fourth-order valence-corrected chi connectivity index (χ4v) is 4.88. The minimum absolute atomic E-state index is 0.266. The fourth-order valence-electron chi connectivity index (χ4n) is 4.88. The van der Waals surface area contributed by atoms with E-state index < -0.39 is 16.7 Å². The Morgan fingerprint density at radius 1 is 0.966 bits per heavy atom. The lowest BCUT2D eigenvalue weighted by Crippen LogP contribution is -2.64. The number of hydrogen-bond acceptors (Lipinski definition) is 3. The van der Waals surface area contributed by atoms with E-state index in [1.54, 1.807) is 0 Å². The van der Waals surface area contributed by atoms with Gasteiger partial charge in [0, 0.05) is 5.92 Å². The number of benzene rings is 2. The van der Waals surface area contributed by atoms with Crippen molar-refractivity contribution in [3.05, 3.63) is 71.8 Å². The van der Waals surface area contributed by atoms with E-state index in [0.29, 0.717) is 12.8 Å². The number of carbonyl (C=O) groups is 3. The fraction of sp³-hybridized carbons (Fsp3) is 0.375. The first kappa shape index (κ1) is 19.4. The van der Waals surface area contributed by atoms with E-state index in [1.807, 2.05) is 81.4 Å². The van der Waals surface area contributed by atoms with Gasteiger partial charge in [0.1, 0.15) is 0 Å². The van der Waals surface area contributed by atoms with E-state index >= 15 is 0 Å². The van der Waals surface area contributed by atoms with E-state index in [2.05, 4.69) is 5.43 Å². The minimum atomic E-state index is -0.659. The first-order valence-corrected chi connectivity index (χ1v) is 10.1. The molecule has 0 aromatic heterocycles. The van der Waals surface area contributed by atoms with Crippen LogP contribution in [0.5, 0.6) is 0 Å². The molecule has 2 atom stereocenters. The first-order chi connectivity index (χ1) is 13.8. The summed E-state index contributed by atoms with van der Waals surface area (Å²) in [6, 6.07) is 18.8. The Balaban J connectivity index is 1.67. The van der Waals surface area contributed by atoms with Crippen molar-refractivity contribution in [3.63, 3.8) is 0 Å². The largest absolute Gasteiger partial charge is 0.272 e. The van der Waals surface area contributed by atoms with Crippen LogP contribution >= 0.6 is 0 Å². The molecule has 2 aliphatic rings. The van der Waals surface area contributed by atoms with Crippen molar-refractivity contribution in [3.8, 4) is 0 Å². The van der Waals surface area contributed by atoms with Crippen LogP contribution in [0.1, 0.15) is 50.7 Å². The summed E-state index contributed by atoms with van der Waals surface area (Å²) in [5.74, 6) is -1.87. The number of amides is 3. The zero-order chi connectivity index (χ0) is 20.8.